The van der Waals surface area contributed by atoms with E-state index >= 15 is 0 Å². The van der Waals surface area contributed by atoms with E-state index < -0.39 is 0 Å². The molecule has 0 radical (unpaired) electrons. The minimum Gasteiger partial charge on any atom is -0.327 e. The third-order valence-corrected chi connectivity index (χ3v) is 2.40. The Morgan fingerprint density at radius 2 is 2.00 bits per heavy atom. The van der Waals surface area contributed by atoms with Gasteiger partial charge in [-0.25, -0.2) is 0 Å². The fraction of sp³-hybridized carbons (Fsp3) is 0.333. The first-order valence-electron chi connectivity index (χ1n) is 4.91. The summed E-state index contributed by atoms with van der Waals surface area (Å²) in [6.07, 6.45) is 0. The molecule has 2 nitrogen and oxygen atoms in total. The predicted octanol–water partition coefficient (Wildman–Crippen LogP) is 2.29. The van der Waals surface area contributed by atoms with E-state index in [1.54, 1.807) is 0 Å². The van der Waals surface area contributed by atoms with Gasteiger partial charge >= 0.3 is 0 Å². The second kappa shape index (κ2) is 5.91. The first-order valence-corrected chi connectivity index (χ1v) is 5.29. The summed E-state index contributed by atoms with van der Waals surface area (Å²) < 4.78 is 0. The van der Waals surface area contributed by atoms with E-state index in [2.05, 4.69) is 18.5 Å². The lowest BCUT2D eigenvalue weighted by molar-refractivity contribution is 0.354. The van der Waals surface area contributed by atoms with Crippen LogP contribution >= 0.6 is 11.6 Å². The van der Waals surface area contributed by atoms with Crippen molar-refractivity contribution in [1.82, 2.24) is 4.90 Å². The van der Waals surface area contributed by atoms with E-state index in [1.807, 2.05) is 24.3 Å². The Kier molecular flexibility index (Phi) is 4.82. The van der Waals surface area contributed by atoms with Crippen LogP contribution in [0.15, 0.2) is 36.4 Å². The third-order valence-electron chi connectivity index (χ3n) is 2.15. The Balaban J connectivity index is 2.47. The standard InChI is InChI=1S/C12H17ClN2/c1-10(7-14)8-15(2)9-11-3-5-12(13)6-4-11/h3-6H,1,7-9,14H2,2H3. The highest BCUT2D eigenvalue weighted by molar-refractivity contribution is 6.30. The molecule has 0 atom stereocenters. The van der Waals surface area contributed by atoms with E-state index in [0.29, 0.717) is 6.54 Å². The maximum Gasteiger partial charge on any atom is 0.0406 e. The number of rotatable bonds is 5. The molecule has 82 valence electrons. The van der Waals surface area contributed by atoms with Crippen molar-refractivity contribution in [2.75, 3.05) is 20.1 Å². The number of nitrogens with two attached hydrogens (primary N) is 1. The van der Waals surface area contributed by atoms with Gasteiger partial charge in [0.05, 0.1) is 0 Å². The smallest absolute Gasteiger partial charge is 0.0406 e. The van der Waals surface area contributed by atoms with Gasteiger partial charge in [0.25, 0.3) is 0 Å². The molecule has 15 heavy (non-hydrogen) atoms. The van der Waals surface area contributed by atoms with Crippen LogP contribution in [0.25, 0.3) is 0 Å². The number of hydrogen-bond donors (Lipinski definition) is 1. The average molecular weight is 225 g/mol. The molecule has 3 heteroatoms. The summed E-state index contributed by atoms with van der Waals surface area (Å²) in [5, 5.41) is 0.771. The SMILES string of the molecule is C=C(CN)CN(C)Cc1ccc(Cl)cc1. The summed E-state index contributed by atoms with van der Waals surface area (Å²) >= 11 is 5.81. The number of likely N-dealkylation sites (N-methyl/N-ethyl adjacent to an activating group) is 1. The zero-order chi connectivity index (χ0) is 11.3. The molecule has 0 bridgehead atoms. The normalized spacial score (nSPS) is 10.7. The summed E-state index contributed by atoms with van der Waals surface area (Å²) in [5.41, 5.74) is 7.78. The molecule has 0 unspecified atom stereocenters. The molecule has 0 saturated carbocycles. The van der Waals surface area contributed by atoms with Crippen LogP contribution < -0.4 is 5.73 Å². The minimum absolute atomic E-state index is 0.547. The first-order chi connectivity index (χ1) is 7.11. The molecule has 0 aliphatic heterocycles. The van der Waals surface area contributed by atoms with Crippen molar-refractivity contribution in [3.05, 3.63) is 47.0 Å². The highest BCUT2D eigenvalue weighted by Crippen LogP contribution is 2.11. The molecule has 0 heterocycles. The molecule has 0 fully saturated rings. The quantitative estimate of drug-likeness (QED) is 0.778. The van der Waals surface area contributed by atoms with Crippen molar-refractivity contribution in [2.45, 2.75) is 6.54 Å². The van der Waals surface area contributed by atoms with E-state index in [4.69, 9.17) is 17.3 Å². The van der Waals surface area contributed by atoms with Crippen LogP contribution in [-0.2, 0) is 6.54 Å². The molecule has 0 aromatic heterocycles. The van der Waals surface area contributed by atoms with Crippen LogP contribution in [0.3, 0.4) is 0 Å². The summed E-state index contributed by atoms with van der Waals surface area (Å²) in [4.78, 5) is 2.18. The second-order valence-electron chi connectivity index (χ2n) is 3.75. The summed E-state index contributed by atoms with van der Waals surface area (Å²) in [6.45, 7) is 6.15. The highest BCUT2D eigenvalue weighted by atomic mass is 35.5. The van der Waals surface area contributed by atoms with Crippen molar-refractivity contribution in [1.29, 1.82) is 0 Å². The molecular weight excluding hydrogens is 208 g/mol. The molecule has 1 aromatic rings. The lowest BCUT2D eigenvalue weighted by atomic mass is 10.2. The highest BCUT2D eigenvalue weighted by Gasteiger charge is 2.01. The molecular formula is C12H17ClN2. The van der Waals surface area contributed by atoms with Gasteiger partial charge in [-0.1, -0.05) is 30.3 Å². The topological polar surface area (TPSA) is 29.3 Å². The second-order valence-corrected chi connectivity index (χ2v) is 4.19. The van der Waals surface area contributed by atoms with E-state index in [9.17, 15) is 0 Å². The summed E-state index contributed by atoms with van der Waals surface area (Å²) in [5.74, 6) is 0. The molecule has 0 amide bonds. The Bertz CT molecular complexity index is 319. The monoisotopic (exact) mass is 224 g/mol. The van der Waals surface area contributed by atoms with Crippen molar-refractivity contribution >= 4 is 11.6 Å². The first kappa shape index (κ1) is 12.2. The fourth-order valence-corrected chi connectivity index (χ4v) is 1.53. The molecule has 2 N–H and O–H groups in total. The van der Waals surface area contributed by atoms with Crippen LogP contribution in [0.4, 0.5) is 0 Å². The van der Waals surface area contributed by atoms with Gasteiger partial charge in [0.2, 0.25) is 0 Å². The summed E-state index contributed by atoms with van der Waals surface area (Å²) in [6, 6.07) is 7.87. The zero-order valence-electron chi connectivity index (χ0n) is 9.04. The van der Waals surface area contributed by atoms with Crippen LogP contribution in [0.1, 0.15) is 5.56 Å². The molecule has 1 aromatic carbocycles. The van der Waals surface area contributed by atoms with Gasteiger partial charge in [0, 0.05) is 24.7 Å². The van der Waals surface area contributed by atoms with Gasteiger partial charge in [0.15, 0.2) is 0 Å². The Morgan fingerprint density at radius 3 is 2.53 bits per heavy atom. The summed E-state index contributed by atoms with van der Waals surface area (Å²) in [7, 11) is 2.05. The lowest BCUT2D eigenvalue weighted by Crippen LogP contribution is -2.23. The van der Waals surface area contributed by atoms with Crippen molar-refractivity contribution in [2.24, 2.45) is 5.73 Å². The molecule has 0 spiro atoms. The van der Waals surface area contributed by atoms with Crippen LogP contribution in [0.2, 0.25) is 5.02 Å². The third kappa shape index (κ3) is 4.47. The minimum atomic E-state index is 0.547. The number of hydrogen-bond acceptors (Lipinski definition) is 2. The van der Waals surface area contributed by atoms with Crippen molar-refractivity contribution in [3.63, 3.8) is 0 Å². The van der Waals surface area contributed by atoms with Crippen molar-refractivity contribution in [3.8, 4) is 0 Å². The maximum atomic E-state index is 5.81. The Labute approximate surface area is 96.3 Å². The number of benzene rings is 1. The van der Waals surface area contributed by atoms with E-state index in [1.165, 1.54) is 5.56 Å². The lowest BCUT2D eigenvalue weighted by Gasteiger charge is -2.17. The van der Waals surface area contributed by atoms with Gasteiger partial charge in [-0.3, -0.25) is 4.90 Å². The molecule has 0 aliphatic carbocycles. The largest absolute Gasteiger partial charge is 0.327 e. The van der Waals surface area contributed by atoms with Crippen LogP contribution in [-0.4, -0.2) is 25.0 Å². The predicted molar refractivity (Wildman–Crippen MR) is 66.0 cm³/mol. The van der Waals surface area contributed by atoms with Gasteiger partial charge in [-0.05, 0) is 30.3 Å². The molecule has 0 saturated heterocycles. The van der Waals surface area contributed by atoms with Crippen molar-refractivity contribution < 1.29 is 0 Å². The maximum absolute atomic E-state index is 5.81. The van der Waals surface area contributed by atoms with E-state index in [0.717, 1.165) is 23.7 Å². The fourth-order valence-electron chi connectivity index (χ4n) is 1.40. The van der Waals surface area contributed by atoms with E-state index in [-0.39, 0.29) is 0 Å². The average Bonchev–Trinajstić information content (AvgIpc) is 2.21. The van der Waals surface area contributed by atoms with Crippen LogP contribution in [0, 0.1) is 0 Å². The van der Waals surface area contributed by atoms with Gasteiger partial charge in [-0.15, -0.1) is 0 Å². The van der Waals surface area contributed by atoms with Gasteiger partial charge < -0.3 is 5.73 Å². The Hall–Kier alpha value is -0.830. The Morgan fingerprint density at radius 1 is 1.40 bits per heavy atom. The van der Waals surface area contributed by atoms with Gasteiger partial charge in [0.1, 0.15) is 0 Å². The number of halogens is 1. The number of nitrogens with zero attached hydrogens (tertiary/aromatic N) is 1. The van der Waals surface area contributed by atoms with Gasteiger partial charge in [-0.2, -0.15) is 0 Å². The zero-order valence-corrected chi connectivity index (χ0v) is 9.80. The molecule has 0 aliphatic rings. The van der Waals surface area contributed by atoms with Crippen LogP contribution in [0.5, 0.6) is 0 Å². The molecule has 1 rings (SSSR count).